The van der Waals surface area contributed by atoms with Crippen LogP contribution in [0.1, 0.15) is 135 Å². The van der Waals surface area contributed by atoms with Gasteiger partial charge in [0, 0.05) is 32.4 Å². The van der Waals surface area contributed by atoms with Gasteiger partial charge in [0.1, 0.15) is 0 Å². The van der Waals surface area contributed by atoms with Crippen LogP contribution in [0.3, 0.4) is 0 Å². The lowest BCUT2D eigenvalue weighted by molar-refractivity contribution is 0.0975. The lowest BCUT2D eigenvalue weighted by atomic mass is 9.97. The van der Waals surface area contributed by atoms with Crippen molar-refractivity contribution in [3.05, 3.63) is 45.1 Å². The Labute approximate surface area is 236 Å². The number of hydrogen-bond donors (Lipinski definition) is 0. The Morgan fingerprint density at radius 3 is 1.32 bits per heavy atom. The van der Waals surface area contributed by atoms with Gasteiger partial charge in [-0.3, -0.25) is 9.59 Å². The van der Waals surface area contributed by atoms with Gasteiger partial charge < -0.3 is 0 Å². The number of ketones is 2. The SMILES string of the molecule is CCCCCC(=O)c1ccc(-c2sc(-c3ccc(C(=O)CCCCC)s3)c(CCCC)c2CCCC)s1. The van der Waals surface area contributed by atoms with Crippen molar-refractivity contribution in [1.29, 1.82) is 0 Å². The summed E-state index contributed by atoms with van der Waals surface area (Å²) in [7, 11) is 0. The zero-order valence-corrected chi connectivity index (χ0v) is 25.7. The number of unbranched alkanes of at least 4 members (excludes halogenated alkanes) is 6. The fraction of sp³-hybridized carbons (Fsp3) is 0.562. The molecule has 0 atom stereocenters. The van der Waals surface area contributed by atoms with Crippen molar-refractivity contribution in [3.8, 4) is 19.5 Å². The summed E-state index contributed by atoms with van der Waals surface area (Å²) in [6.45, 7) is 8.86. The summed E-state index contributed by atoms with van der Waals surface area (Å²) >= 11 is 5.23. The molecule has 3 heterocycles. The number of thiophene rings is 3. The van der Waals surface area contributed by atoms with Crippen LogP contribution in [0.25, 0.3) is 19.5 Å². The molecule has 0 aromatic carbocycles. The van der Waals surface area contributed by atoms with E-state index in [-0.39, 0.29) is 11.6 Å². The lowest BCUT2D eigenvalue weighted by Gasteiger charge is -2.08. The molecule has 0 aliphatic heterocycles. The van der Waals surface area contributed by atoms with Crippen LogP contribution in [-0.2, 0) is 12.8 Å². The first-order valence-electron chi connectivity index (χ1n) is 14.4. The Balaban J connectivity index is 1.97. The molecule has 3 aromatic rings. The molecule has 0 aliphatic carbocycles. The van der Waals surface area contributed by atoms with Crippen LogP contribution in [0.15, 0.2) is 24.3 Å². The molecule has 0 saturated heterocycles. The van der Waals surface area contributed by atoms with E-state index in [0.717, 1.165) is 61.1 Å². The van der Waals surface area contributed by atoms with Crippen molar-refractivity contribution < 1.29 is 9.59 Å². The first kappa shape index (κ1) is 30.0. The van der Waals surface area contributed by atoms with Crippen LogP contribution >= 0.6 is 34.0 Å². The molecule has 0 spiro atoms. The van der Waals surface area contributed by atoms with E-state index in [1.54, 1.807) is 22.7 Å². The van der Waals surface area contributed by atoms with Gasteiger partial charge >= 0.3 is 0 Å². The summed E-state index contributed by atoms with van der Waals surface area (Å²) in [4.78, 5) is 32.5. The van der Waals surface area contributed by atoms with Crippen LogP contribution in [0.4, 0.5) is 0 Å². The smallest absolute Gasteiger partial charge is 0.172 e. The Bertz CT molecular complexity index is 1040. The van der Waals surface area contributed by atoms with Gasteiger partial charge in [-0.05, 0) is 73.9 Å². The number of carbonyl (C=O) groups is 2. The molecule has 37 heavy (non-hydrogen) atoms. The van der Waals surface area contributed by atoms with Gasteiger partial charge in [0.05, 0.1) is 9.75 Å². The van der Waals surface area contributed by atoms with E-state index in [1.807, 2.05) is 23.5 Å². The van der Waals surface area contributed by atoms with Crippen molar-refractivity contribution in [2.24, 2.45) is 0 Å². The third-order valence-corrected chi connectivity index (χ3v) is 10.8. The minimum atomic E-state index is 0.285. The average molecular weight is 557 g/mol. The number of carbonyl (C=O) groups excluding carboxylic acids is 2. The van der Waals surface area contributed by atoms with E-state index in [9.17, 15) is 9.59 Å². The largest absolute Gasteiger partial charge is 0.293 e. The minimum Gasteiger partial charge on any atom is -0.293 e. The van der Waals surface area contributed by atoms with Crippen molar-refractivity contribution in [1.82, 2.24) is 0 Å². The van der Waals surface area contributed by atoms with Gasteiger partial charge in [-0.1, -0.05) is 66.2 Å². The molecule has 0 N–H and O–H groups in total. The topological polar surface area (TPSA) is 34.1 Å². The fourth-order valence-electron chi connectivity index (χ4n) is 4.67. The van der Waals surface area contributed by atoms with Crippen LogP contribution in [-0.4, -0.2) is 11.6 Å². The van der Waals surface area contributed by atoms with Crippen molar-refractivity contribution >= 4 is 45.6 Å². The summed E-state index contributed by atoms with van der Waals surface area (Å²) < 4.78 is 0. The van der Waals surface area contributed by atoms with E-state index in [0.29, 0.717) is 12.8 Å². The van der Waals surface area contributed by atoms with Crippen LogP contribution in [0, 0.1) is 0 Å². The molecule has 0 aliphatic rings. The highest BCUT2D eigenvalue weighted by molar-refractivity contribution is 7.27. The van der Waals surface area contributed by atoms with E-state index in [1.165, 1.54) is 56.3 Å². The van der Waals surface area contributed by atoms with E-state index in [2.05, 4.69) is 39.8 Å². The van der Waals surface area contributed by atoms with Gasteiger partial charge in [-0.25, -0.2) is 0 Å². The van der Waals surface area contributed by atoms with Crippen LogP contribution < -0.4 is 0 Å². The molecule has 0 radical (unpaired) electrons. The first-order chi connectivity index (χ1) is 18.0. The maximum absolute atomic E-state index is 12.8. The highest BCUT2D eigenvalue weighted by Crippen LogP contribution is 2.47. The Hall–Kier alpha value is -1.56. The molecule has 0 bridgehead atoms. The Morgan fingerprint density at radius 2 is 0.946 bits per heavy atom. The zero-order chi connectivity index (χ0) is 26.6. The predicted octanol–water partition coefficient (Wildman–Crippen LogP) is 11.4. The van der Waals surface area contributed by atoms with E-state index in [4.69, 9.17) is 0 Å². The molecule has 0 amide bonds. The average Bonchev–Trinajstić information content (AvgIpc) is 3.65. The summed E-state index contributed by atoms with van der Waals surface area (Å²) in [6.07, 6.45) is 14.6. The number of rotatable bonds is 18. The Morgan fingerprint density at radius 1 is 0.541 bits per heavy atom. The summed E-state index contributed by atoms with van der Waals surface area (Å²) in [5, 5.41) is 0. The normalized spacial score (nSPS) is 11.4. The van der Waals surface area contributed by atoms with Gasteiger partial charge in [0.2, 0.25) is 0 Å². The predicted molar refractivity (Wildman–Crippen MR) is 165 cm³/mol. The maximum atomic E-state index is 12.8. The van der Waals surface area contributed by atoms with E-state index < -0.39 is 0 Å². The van der Waals surface area contributed by atoms with Crippen molar-refractivity contribution in [2.45, 2.75) is 118 Å². The second kappa shape index (κ2) is 15.8. The second-order valence-corrected chi connectivity index (χ2v) is 13.2. The van der Waals surface area contributed by atoms with Gasteiger partial charge in [0.25, 0.3) is 0 Å². The van der Waals surface area contributed by atoms with Gasteiger partial charge in [0.15, 0.2) is 11.6 Å². The van der Waals surface area contributed by atoms with Gasteiger partial charge in [-0.15, -0.1) is 34.0 Å². The highest BCUT2D eigenvalue weighted by Gasteiger charge is 2.23. The number of Topliss-reactive ketones (excluding diaryl/α,β-unsaturated/α-hetero) is 2. The second-order valence-electron chi connectivity index (χ2n) is 10.0. The quantitative estimate of drug-likeness (QED) is 0.115. The lowest BCUT2D eigenvalue weighted by Crippen LogP contribution is -1.95. The summed E-state index contributed by atoms with van der Waals surface area (Å²) in [6, 6.07) is 8.43. The van der Waals surface area contributed by atoms with Crippen molar-refractivity contribution in [2.75, 3.05) is 0 Å². The Kier molecular flexibility index (Phi) is 12.8. The number of hydrogen-bond acceptors (Lipinski definition) is 5. The molecular weight excluding hydrogens is 513 g/mol. The van der Waals surface area contributed by atoms with Crippen LogP contribution in [0.2, 0.25) is 0 Å². The third kappa shape index (κ3) is 8.21. The molecule has 2 nitrogen and oxygen atoms in total. The molecule has 0 saturated carbocycles. The third-order valence-electron chi connectivity index (χ3n) is 6.90. The highest BCUT2D eigenvalue weighted by atomic mass is 32.1. The molecular formula is C32H44O2S3. The van der Waals surface area contributed by atoms with Crippen molar-refractivity contribution in [3.63, 3.8) is 0 Å². The summed E-state index contributed by atoms with van der Waals surface area (Å²) in [5.74, 6) is 0.569. The fourth-order valence-corrected chi connectivity index (χ4v) is 8.29. The molecule has 202 valence electrons. The van der Waals surface area contributed by atoms with E-state index >= 15 is 0 Å². The minimum absolute atomic E-state index is 0.285. The first-order valence-corrected chi connectivity index (χ1v) is 16.9. The maximum Gasteiger partial charge on any atom is 0.172 e. The molecule has 3 rings (SSSR count). The zero-order valence-electron chi connectivity index (χ0n) is 23.3. The van der Waals surface area contributed by atoms with Crippen LogP contribution in [0.5, 0.6) is 0 Å². The molecule has 3 aromatic heterocycles. The molecule has 0 unspecified atom stereocenters. The standard InChI is InChI=1S/C32H44O2S3/c1-5-9-13-17-25(33)27-19-21-29(35-27)31-23(15-11-7-3)24(16-12-8-4)32(37-31)30-22-20-28(36-30)26(34)18-14-10-6-2/h19-22H,5-18H2,1-4H3. The summed E-state index contributed by atoms with van der Waals surface area (Å²) in [5.41, 5.74) is 2.96. The monoisotopic (exact) mass is 556 g/mol. The van der Waals surface area contributed by atoms with Gasteiger partial charge in [-0.2, -0.15) is 0 Å². The molecule has 0 fully saturated rings. The molecule has 5 heteroatoms.